The van der Waals surface area contributed by atoms with Crippen molar-refractivity contribution in [1.82, 2.24) is 15.1 Å². The zero-order valence-electron chi connectivity index (χ0n) is 14.4. The molecule has 2 rings (SSSR count). The third-order valence-corrected chi connectivity index (χ3v) is 6.51. The average Bonchev–Trinajstić information content (AvgIpc) is 2.61. The van der Waals surface area contributed by atoms with E-state index in [1.54, 1.807) is 0 Å². The second kappa shape index (κ2) is 10.1. The van der Waals surface area contributed by atoms with Crippen LogP contribution < -0.4 is 10.4 Å². The van der Waals surface area contributed by atoms with Gasteiger partial charge in [0.05, 0.1) is 6.04 Å². The number of halogens is 2. The number of rotatable bonds is 9. The monoisotopic (exact) mass is 405 g/mol. The summed E-state index contributed by atoms with van der Waals surface area (Å²) < 4.78 is 14.5. The Morgan fingerprint density at radius 3 is 2.72 bits per heavy atom. The summed E-state index contributed by atoms with van der Waals surface area (Å²) in [6.45, 7) is 3.43. The SMILES string of the molecule is CC1CC(C(CCl)N(CCCl)P(=O)(O)NCc2ccccc2)=CCN1. The maximum Gasteiger partial charge on any atom is 0.341 e. The molecule has 0 amide bonds. The van der Waals surface area contributed by atoms with Crippen LogP contribution in [-0.4, -0.2) is 46.5 Å². The van der Waals surface area contributed by atoms with Crippen LogP contribution in [0, 0.1) is 0 Å². The Kier molecular flexibility index (Phi) is 8.43. The Bertz CT molecular complexity index is 615. The lowest BCUT2D eigenvalue weighted by molar-refractivity contribution is 0.307. The molecule has 0 fully saturated rings. The Morgan fingerprint density at radius 2 is 2.12 bits per heavy atom. The predicted molar refractivity (Wildman–Crippen MR) is 105 cm³/mol. The van der Waals surface area contributed by atoms with E-state index in [9.17, 15) is 9.46 Å². The first kappa shape index (κ1) is 20.9. The molecule has 1 heterocycles. The quantitative estimate of drug-likeness (QED) is 0.334. The lowest BCUT2D eigenvalue weighted by atomic mass is 9.97. The van der Waals surface area contributed by atoms with Crippen molar-refractivity contribution in [3.63, 3.8) is 0 Å². The molecule has 25 heavy (non-hydrogen) atoms. The highest BCUT2D eigenvalue weighted by Crippen LogP contribution is 2.44. The minimum atomic E-state index is -3.79. The van der Waals surface area contributed by atoms with Crippen LogP contribution in [0.15, 0.2) is 42.0 Å². The van der Waals surface area contributed by atoms with Crippen molar-refractivity contribution >= 4 is 30.9 Å². The molecule has 3 N–H and O–H groups in total. The van der Waals surface area contributed by atoms with Gasteiger partial charge in [-0.2, -0.15) is 0 Å². The Balaban J connectivity index is 2.15. The molecule has 1 aliphatic heterocycles. The van der Waals surface area contributed by atoms with Gasteiger partial charge in [-0.3, -0.25) is 4.57 Å². The highest BCUT2D eigenvalue weighted by molar-refractivity contribution is 7.53. The summed E-state index contributed by atoms with van der Waals surface area (Å²) in [6, 6.07) is 9.54. The Morgan fingerprint density at radius 1 is 1.40 bits per heavy atom. The molecule has 1 aromatic rings. The first-order valence-corrected chi connectivity index (χ1v) is 11.1. The fourth-order valence-electron chi connectivity index (χ4n) is 2.99. The van der Waals surface area contributed by atoms with Gasteiger partial charge >= 0.3 is 7.67 Å². The Labute approximate surface area is 159 Å². The maximum atomic E-state index is 13.0. The molecule has 1 aromatic carbocycles. The second-order valence-electron chi connectivity index (χ2n) is 6.18. The normalized spacial score (nSPS) is 21.6. The molecule has 0 spiro atoms. The smallest absolute Gasteiger partial charge is 0.322 e. The van der Waals surface area contributed by atoms with Gasteiger partial charge in [-0.1, -0.05) is 42.0 Å². The van der Waals surface area contributed by atoms with Crippen molar-refractivity contribution < 1.29 is 9.46 Å². The molecule has 0 radical (unpaired) electrons. The van der Waals surface area contributed by atoms with Crippen molar-refractivity contribution in [1.29, 1.82) is 0 Å². The summed E-state index contributed by atoms with van der Waals surface area (Å²) in [7, 11) is -3.79. The molecule has 0 aliphatic carbocycles. The van der Waals surface area contributed by atoms with Crippen LogP contribution in [0.25, 0.3) is 0 Å². The van der Waals surface area contributed by atoms with E-state index >= 15 is 0 Å². The molecule has 5 nitrogen and oxygen atoms in total. The minimum Gasteiger partial charge on any atom is -0.322 e. The molecule has 0 saturated carbocycles. The summed E-state index contributed by atoms with van der Waals surface area (Å²) in [5.41, 5.74) is 2.03. The predicted octanol–water partition coefficient (Wildman–Crippen LogP) is 3.33. The van der Waals surface area contributed by atoms with Gasteiger partial charge in [0.25, 0.3) is 0 Å². The summed E-state index contributed by atoms with van der Waals surface area (Å²) in [4.78, 5) is 10.7. The van der Waals surface area contributed by atoms with Crippen LogP contribution in [0.4, 0.5) is 0 Å². The number of benzene rings is 1. The topological polar surface area (TPSA) is 64.6 Å². The molecule has 140 valence electrons. The van der Waals surface area contributed by atoms with Gasteiger partial charge < -0.3 is 10.2 Å². The molecule has 0 aromatic heterocycles. The van der Waals surface area contributed by atoms with Gasteiger partial charge in [0.15, 0.2) is 0 Å². The van der Waals surface area contributed by atoms with Gasteiger partial charge in [-0.25, -0.2) is 9.76 Å². The largest absolute Gasteiger partial charge is 0.341 e. The first-order valence-electron chi connectivity index (χ1n) is 8.41. The molecule has 1 aliphatic rings. The van der Waals surface area contributed by atoms with E-state index in [1.165, 1.54) is 4.67 Å². The standard InChI is InChI=1S/C17H26Cl2N3O2P/c1-14-11-16(7-9-20-14)17(12-19)22(10-8-18)25(23,24)21-13-15-5-3-2-4-6-15/h2-7,14,17,20H,8-13H2,1H3,(H2,21,23,24). The zero-order valence-corrected chi connectivity index (χ0v) is 16.8. The van der Waals surface area contributed by atoms with Gasteiger partial charge in [-0.15, -0.1) is 23.2 Å². The number of nitrogens with one attached hydrogen (secondary N) is 2. The molecule has 3 unspecified atom stereocenters. The fourth-order valence-corrected chi connectivity index (χ4v) is 5.30. The van der Waals surface area contributed by atoms with Crippen LogP contribution in [0.2, 0.25) is 0 Å². The third-order valence-electron chi connectivity index (χ3n) is 4.30. The van der Waals surface area contributed by atoms with Crippen LogP contribution in [0.3, 0.4) is 0 Å². The van der Waals surface area contributed by atoms with Crippen molar-refractivity contribution in [3.8, 4) is 0 Å². The van der Waals surface area contributed by atoms with E-state index in [2.05, 4.69) is 23.4 Å². The van der Waals surface area contributed by atoms with Gasteiger partial charge in [0.2, 0.25) is 0 Å². The van der Waals surface area contributed by atoms with Crippen LogP contribution in [0.5, 0.6) is 0 Å². The van der Waals surface area contributed by atoms with Gasteiger partial charge in [0.1, 0.15) is 0 Å². The fraction of sp³-hybridized carbons (Fsp3) is 0.529. The summed E-state index contributed by atoms with van der Waals surface area (Å²) >= 11 is 12.1. The van der Waals surface area contributed by atoms with Crippen LogP contribution in [0.1, 0.15) is 18.9 Å². The van der Waals surface area contributed by atoms with Crippen molar-refractivity contribution in [2.45, 2.75) is 32.0 Å². The minimum absolute atomic E-state index is 0.243. The lowest BCUT2D eigenvalue weighted by Gasteiger charge is -2.37. The van der Waals surface area contributed by atoms with E-state index in [0.717, 1.165) is 24.1 Å². The lowest BCUT2D eigenvalue weighted by Crippen LogP contribution is -2.43. The van der Waals surface area contributed by atoms with Crippen molar-refractivity contribution in [3.05, 3.63) is 47.5 Å². The molecule has 0 saturated heterocycles. The Hall–Kier alpha value is -0.390. The second-order valence-corrected chi connectivity index (χ2v) is 8.78. The summed E-state index contributed by atoms with van der Waals surface area (Å²) in [5.74, 6) is 0.499. The number of alkyl halides is 2. The average molecular weight is 406 g/mol. The van der Waals surface area contributed by atoms with Gasteiger partial charge in [0, 0.05) is 37.4 Å². The molecule has 0 bridgehead atoms. The highest BCUT2D eigenvalue weighted by atomic mass is 35.5. The zero-order chi connectivity index (χ0) is 18.3. The van der Waals surface area contributed by atoms with Crippen molar-refractivity contribution in [2.75, 3.05) is 24.8 Å². The van der Waals surface area contributed by atoms with E-state index < -0.39 is 7.67 Å². The number of nitrogens with zero attached hydrogens (tertiary/aromatic N) is 1. The molecular formula is C17H26Cl2N3O2P. The van der Waals surface area contributed by atoms with Crippen LogP contribution >= 0.6 is 30.9 Å². The van der Waals surface area contributed by atoms with E-state index in [0.29, 0.717) is 12.6 Å². The number of hydrogen-bond donors (Lipinski definition) is 3. The molecule has 3 atom stereocenters. The van der Waals surface area contributed by atoms with E-state index in [1.807, 2.05) is 30.3 Å². The molecule has 8 heteroatoms. The van der Waals surface area contributed by atoms with Crippen molar-refractivity contribution in [2.24, 2.45) is 0 Å². The highest BCUT2D eigenvalue weighted by Gasteiger charge is 2.35. The number of hydrogen-bond acceptors (Lipinski definition) is 2. The molecular weight excluding hydrogens is 380 g/mol. The van der Waals surface area contributed by atoms with E-state index in [4.69, 9.17) is 23.2 Å². The third kappa shape index (κ3) is 6.07. The van der Waals surface area contributed by atoms with Gasteiger partial charge in [-0.05, 0) is 18.9 Å². The van der Waals surface area contributed by atoms with Crippen LogP contribution in [-0.2, 0) is 11.1 Å². The first-order chi connectivity index (χ1) is 12.0. The maximum absolute atomic E-state index is 13.0. The summed E-state index contributed by atoms with van der Waals surface area (Å²) in [6.07, 6.45) is 2.86. The summed E-state index contributed by atoms with van der Waals surface area (Å²) in [5, 5.41) is 6.14. The van der Waals surface area contributed by atoms with E-state index in [-0.39, 0.29) is 24.3 Å².